The Kier molecular flexibility index (Phi) is 9.86. The van der Waals surface area contributed by atoms with Crippen molar-refractivity contribution < 1.29 is 5.11 Å². The molecule has 0 saturated carbocycles. The van der Waals surface area contributed by atoms with Crippen LogP contribution >= 0.6 is 12.2 Å². The Morgan fingerprint density at radius 3 is 2.34 bits per heavy atom. The molecule has 2 rings (SSSR count). The van der Waals surface area contributed by atoms with E-state index in [1.807, 2.05) is 36.5 Å². The summed E-state index contributed by atoms with van der Waals surface area (Å²) in [6, 6.07) is 17.3. The van der Waals surface area contributed by atoms with E-state index >= 15 is 0 Å². The first-order valence-corrected chi connectivity index (χ1v) is 10.5. The molecule has 0 saturated heterocycles. The number of hydrogen-bond acceptors (Lipinski definition) is 4. The quantitative estimate of drug-likeness (QED) is 0.242. The van der Waals surface area contributed by atoms with Crippen molar-refractivity contribution in [2.75, 3.05) is 36.8 Å². The number of hydrogen-bond donors (Lipinski definition) is 4. The van der Waals surface area contributed by atoms with Gasteiger partial charge in [0.05, 0.1) is 0 Å². The van der Waals surface area contributed by atoms with Gasteiger partial charge in [0, 0.05) is 43.8 Å². The van der Waals surface area contributed by atoms with Crippen molar-refractivity contribution in [2.45, 2.75) is 26.7 Å². The molecule has 0 atom stereocenters. The fraction of sp³-hybridized carbons (Fsp3) is 0.348. The number of nitrogens with zero attached hydrogens (tertiary/aromatic N) is 1. The van der Waals surface area contributed by atoms with E-state index in [0.29, 0.717) is 0 Å². The molecule has 2 aromatic rings. The number of phenols is 1. The van der Waals surface area contributed by atoms with E-state index in [9.17, 15) is 5.11 Å². The molecule has 0 aliphatic rings. The molecule has 0 bridgehead atoms. The van der Waals surface area contributed by atoms with Crippen LogP contribution in [0.3, 0.4) is 0 Å². The van der Waals surface area contributed by atoms with Gasteiger partial charge in [-0.1, -0.05) is 23.8 Å². The Bertz CT molecular complexity index is 762. The smallest absolute Gasteiger partial charge is 0.173 e. The van der Waals surface area contributed by atoms with E-state index < -0.39 is 0 Å². The van der Waals surface area contributed by atoms with Gasteiger partial charge in [0.2, 0.25) is 0 Å². The van der Waals surface area contributed by atoms with Gasteiger partial charge < -0.3 is 26.0 Å². The lowest BCUT2D eigenvalue weighted by molar-refractivity contribution is 0.453. The Balaban J connectivity index is 1.65. The third-order valence-corrected chi connectivity index (χ3v) is 4.92. The van der Waals surface area contributed by atoms with Gasteiger partial charge in [-0.25, -0.2) is 0 Å². The fourth-order valence-corrected chi connectivity index (χ4v) is 3.10. The molecule has 0 amide bonds. The predicted molar refractivity (Wildman–Crippen MR) is 127 cm³/mol. The van der Waals surface area contributed by atoms with Gasteiger partial charge in [0.1, 0.15) is 5.75 Å². The largest absolute Gasteiger partial charge is 0.508 e. The average Bonchev–Trinajstić information content (AvgIpc) is 2.74. The third kappa shape index (κ3) is 8.87. The maximum Gasteiger partial charge on any atom is 0.173 e. The van der Waals surface area contributed by atoms with Crippen LogP contribution in [0.2, 0.25) is 0 Å². The molecular weight excluding hydrogens is 380 g/mol. The van der Waals surface area contributed by atoms with Crippen molar-refractivity contribution in [3.05, 3.63) is 66.4 Å². The highest BCUT2D eigenvalue weighted by Gasteiger charge is 2.06. The van der Waals surface area contributed by atoms with Gasteiger partial charge >= 0.3 is 0 Å². The molecule has 2 aromatic carbocycles. The van der Waals surface area contributed by atoms with Crippen LogP contribution in [-0.4, -0.2) is 41.3 Å². The molecule has 6 heteroatoms. The highest BCUT2D eigenvalue weighted by molar-refractivity contribution is 7.80. The highest BCUT2D eigenvalue weighted by Crippen LogP contribution is 2.13. The summed E-state index contributed by atoms with van der Waals surface area (Å²) in [7, 11) is 0. The minimum atomic E-state index is 0.272. The zero-order chi connectivity index (χ0) is 20.9. The Morgan fingerprint density at radius 1 is 1.00 bits per heavy atom. The second-order valence-electron chi connectivity index (χ2n) is 6.89. The Hall–Kier alpha value is -2.73. The van der Waals surface area contributed by atoms with Crippen LogP contribution in [-0.2, 0) is 0 Å². The molecule has 0 aliphatic heterocycles. The van der Waals surface area contributed by atoms with Crippen LogP contribution in [0.25, 0.3) is 0 Å². The standard InChI is InChI=1S/C23H32N4OS/c1-3-27(17-16-25-21-11-13-22(28)14-12-21)23(29)26-18-19(2)8-7-15-24-20-9-5-4-6-10-20/h4-6,9-14,18,24-25,28H,3,7-8,15-17H2,1-2H3,(H,26,29)/b19-18+. The van der Waals surface area contributed by atoms with E-state index in [1.54, 1.807) is 12.1 Å². The van der Waals surface area contributed by atoms with Crippen LogP contribution < -0.4 is 16.0 Å². The lowest BCUT2D eigenvalue weighted by Crippen LogP contribution is -2.40. The topological polar surface area (TPSA) is 59.6 Å². The lowest BCUT2D eigenvalue weighted by Gasteiger charge is -2.24. The van der Waals surface area contributed by atoms with E-state index in [2.05, 4.69) is 46.8 Å². The minimum absolute atomic E-state index is 0.272. The van der Waals surface area contributed by atoms with Crippen molar-refractivity contribution in [2.24, 2.45) is 0 Å². The summed E-state index contributed by atoms with van der Waals surface area (Å²) in [5, 5.41) is 20.1. The predicted octanol–water partition coefficient (Wildman–Crippen LogP) is 4.80. The molecule has 0 aliphatic carbocycles. The van der Waals surface area contributed by atoms with E-state index in [0.717, 1.165) is 55.5 Å². The monoisotopic (exact) mass is 412 g/mol. The molecule has 5 nitrogen and oxygen atoms in total. The maximum absolute atomic E-state index is 9.33. The minimum Gasteiger partial charge on any atom is -0.508 e. The van der Waals surface area contributed by atoms with Crippen molar-refractivity contribution in [1.82, 2.24) is 10.2 Å². The number of anilines is 2. The van der Waals surface area contributed by atoms with Gasteiger partial charge in [0.25, 0.3) is 0 Å². The molecule has 4 N–H and O–H groups in total. The molecule has 29 heavy (non-hydrogen) atoms. The molecule has 156 valence electrons. The summed E-state index contributed by atoms with van der Waals surface area (Å²) in [5.74, 6) is 0.272. The van der Waals surface area contributed by atoms with Gasteiger partial charge in [-0.3, -0.25) is 0 Å². The molecule has 0 radical (unpaired) electrons. The van der Waals surface area contributed by atoms with Crippen LogP contribution in [0.15, 0.2) is 66.4 Å². The van der Waals surface area contributed by atoms with Crippen LogP contribution in [0.1, 0.15) is 26.7 Å². The lowest BCUT2D eigenvalue weighted by atomic mass is 10.2. The highest BCUT2D eigenvalue weighted by atomic mass is 32.1. The van der Waals surface area contributed by atoms with E-state index in [1.165, 1.54) is 5.57 Å². The van der Waals surface area contributed by atoms with Crippen molar-refractivity contribution >= 4 is 28.7 Å². The van der Waals surface area contributed by atoms with Crippen LogP contribution in [0, 0.1) is 0 Å². The number of rotatable bonds is 11. The molecule has 0 aromatic heterocycles. The zero-order valence-electron chi connectivity index (χ0n) is 17.3. The van der Waals surface area contributed by atoms with Gasteiger partial charge in [-0.15, -0.1) is 0 Å². The van der Waals surface area contributed by atoms with E-state index in [4.69, 9.17) is 12.2 Å². The summed E-state index contributed by atoms with van der Waals surface area (Å²) in [6.07, 6.45) is 4.10. The fourth-order valence-electron chi connectivity index (χ4n) is 2.82. The second-order valence-corrected chi connectivity index (χ2v) is 7.28. The second kappa shape index (κ2) is 12.7. The van der Waals surface area contributed by atoms with E-state index in [-0.39, 0.29) is 5.75 Å². The molecule has 0 heterocycles. The normalized spacial score (nSPS) is 11.0. The van der Waals surface area contributed by atoms with Crippen molar-refractivity contribution in [3.63, 3.8) is 0 Å². The molecule has 0 fully saturated rings. The number of likely N-dealkylation sites (N-methyl/N-ethyl adjacent to an activating group) is 1. The number of benzene rings is 2. The number of allylic oxidation sites excluding steroid dienone is 1. The van der Waals surface area contributed by atoms with Gasteiger partial charge in [0.15, 0.2) is 5.11 Å². The SMILES string of the molecule is CCN(CCNc1ccc(O)cc1)C(=S)N/C=C(\C)CCCNc1ccccc1. The number of para-hydroxylation sites is 1. The number of thiocarbonyl (C=S) groups is 1. The molecule has 0 spiro atoms. The average molecular weight is 413 g/mol. The summed E-state index contributed by atoms with van der Waals surface area (Å²) in [5.41, 5.74) is 3.42. The molecule has 0 unspecified atom stereocenters. The first-order valence-electron chi connectivity index (χ1n) is 10.1. The third-order valence-electron chi connectivity index (χ3n) is 4.54. The molecular formula is C23H32N4OS. The first-order chi connectivity index (χ1) is 14.1. The van der Waals surface area contributed by atoms with Gasteiger partial charge in [-0.05, 0) is 75.3 Å². The number of nitrogens with one attached hydrogen (secondary N) is 3. The van der Waals surface area contributed by atoms with Gasteiger partial charge in [-0.2, -0.15) is 0 Å². The zero-order valence-corrected chi connectivity index (χ0v) is 18.1. The Morgan fingerprint density at radius 2 is 1.66 bits per heavy atom. The summed E-state index contributed by atoms with van der Waals surface area (Å²) < 4.78 is 0. The first kappa shape index (κ1) is 22.6. The summed E-state index contributed by atoms with van der Waals surface area (Å²) >= 11 is 5.54. The number of aromatic hydroxyl groups is 1. The van der Waals surface area contributed by atoms with Crippen molar-refractivity contribution in [1.29, 1.82) is 0 Å². The maximum atomic E-state index is 9.33. The Labute approximate surface area is 179 Å². The van der Waals surface area contributed by atoms with Crippen LogP contribution in [0.5, 0.6) is 5.75 Å². The van der Waals surface area contributed by atoms with Crippen LogP contribution in [0.4, 0.5) is 11.4 Å². The number of phenolic OH excluding ortho intramolecular Hbond substituents is 1. The summed E-state index contributed by atoms with van der Waals surface area (Å²) in [6.45, 7) is 7.59. The summed E-state index contributed by atoms with van der Waals surface area (Å²) in [4.78, 5) is 2.13. The van der Waals surface area contributed by atoms with Crippen molar-refractivity contribution in [3.8, 4) is 5.75 Å².